The fraction of sp³-hybridized carbons (Fsp3) is 0.500. The van der Waals surface area contributed by atoms with E-state index < -0.39 is 11.6 Å². The van der Waals surface area contributed by atoms with E-state index in [9.17, 15) is 14.7 Å². The Morgan fingerprint density at radius 1 is 0.609 bits per heavy atom. The molecule has 1 N–H and O–H groups in total. The summed E-state index contributed by atoms with van der Waals surface area (Å²) in [5.74, 6) is -1.37. The van der Waals surface area contributed by atoms with E-state index >= 15 is 0 Å². The lowest BCUT2D eigenvalue weighted by molar-refractivity contribution is -0.111. The highest BCUT2D eigenvalue weighted by molar-refractivity contribution is 6.50. The highest BCUT2D eigenvalue weighted by Crippen LogP contribution is 2.22. The number of hydrogen-bond donors (Lipinski definition) is 1. The van der Waals surface area contributed by atoms with Crippen molar-refractivity contribution < 1.29 is 14.7 Å². The number of benzene rings is 1. The molecule has 0 aromatic heterocycles. The molecule has 0 radical (unpaired) electrons. The molecule has 3 heteroatoms. The molecule has 0 unspecified atom stereocenters. The van der Waals surface area contributed by atoms with Crippen LogP contribution in [0.5, 0.6) is 0 Å². The summed E-state index contributed by atoms with van der Waals surface area (Å²) >= 11 is 0. The number of carbonyl (C=O) groups is 2. The summed E-state index contributed by atoms with van der Waals surface area (Å²) in [7, 11) is 0. The van der Waals surface area contributed by atoms with E-state index in [0.717, 1.165) is 6.08 Å². The lowest BCUT2D eigenvalue weighted by atomic mass is 9.94. The van der Waals surface area contributed by atoms with Gasteiger partial charge in [-0.1, -0.05) is 98.5 Å². The van der Waals surface area contributed by atoms with Gasteiger partial charge in [0.25, 0.3) is 0 Å². The van der Waals surface area contributed by atoms with Gasteiger partial charge in [-0.25, -0.2) is 0 Å². The van der Waals surface area contributed by atoms with Crippen LogP contribution in [0.25, 0.3) is 5.76 Å². The molecule has 0 saturated heterocycles. The van der Waals surface area contributed by atoms with E-state index in [1.54, 1.807) is 18.2 Å². The van der Waals surface area contributed by atoms with Gasteiger partial charge < -0.3 is 5.11 Å². The first-order valence-corrected chi connectivity index (χ1v) is 3.79. The standard InChI is InChI=1S/C10H6O3.10CH4/c11-8-5-9(12)10(13)7-4-2-1-3-6(7)8;;;;;;;;;;/h1-5,11H;10*1H4. The molecular weight excluding hydrogens is 288 g/mol. The summed E-state index contributed by atoms with van der Waals surface area (Å²) in [6.07, 6.45) is 0.949. The minimum atomic E-state index is -0.670. The molecule has 1 aliphatic carbocycles. The summed E-state index contributed by atoms with van der Waals surface area (Å²) in [6, 6.07) is 6.48. The molecular formula is C20H46O3. The molecule has 0 heterocycles. The van der Waals surface area contributed by atoms with Gasteiger partial charge in [0, 0.05) is 17.2 Å². The zero-order chi connectivity index (χ0) is 9.42. The summed E-state index contributed by atoms with van der Waals surface area (Å²) in [5.41, 5.74) is 0.694. The number of carbonyl (C=O) groups excluding carboxylic acids is 2. The Morgan fingerprint density at radius 2 is 0.957 bits per heavy atom. The first kappa shape index (κ1) is 58.2. The fourth-order valence-electron chi connectivity index (χ4n) is 1.30. The molecule has 0 fully saturated rings. The monoisotopic (exact) mass is 334 g/mol. The quantitative estimate of drug-likeness (QED) is 0.494. The third kappa shape index (κ3) is 10.5. The zero-order valence-electron chi connectivity index (χ0n) is 6.65. The SMILES string of the molecule is C.C.C.C.C.C.C.C.C.C.O=C1C=C(O)c2ccccc2C1=O. The molecule has 0 aliphatic heterocycles. The van der Waals surface area contributed by atoms with Gasteiger partial charge in [-0.15, -0.1) is 0 Å². The van der Waals surface area contributed by atoms with Crippen molar-refractivity contribution in [2.24, 2.45) is 0 Å². The number of fused-ring (bicyclic) bond motifs is 1. The van der Waals surface area contributed by atoms with Gasteiger partial charge in [-0.2, -0.15) is 0 Å². The van der Waals surface area contributed by atoms with Crippen molar-refractivity contribution in [3.8, 4) is 0 Å². The number of hydrogen-bond acceptors (Lipinski definition) is 3. The number of aliphatic hydroxyl groups is 1. The molecule has 0 spiro atoms. The van der Waals surface area contributed by atoms with Crippen LogP contribution in [-0.2, 0) is 4.79 Å². The highest BCUT2D eigenvalue weighted by Gasteiger charge is 2.24. The topological polar surface area (TPSA) is 54.4 Å². The molecule has 1 aromatic rings. The van der Waals surface area contributed by atoms with Crippen LogP contribution in [0.2, 0.25) is 0 Å². The summed E-state index contributed by atoms with van der Waals surface area (Å²) in [4.78, 5) is 22.2. The van der Waals surface area contributed by atoms with Crippen molar-refractivity contribution in [2.45, 2.75) is 74.3 Å². The highest BCUT2D eigenvalue weighted by atomic mass is 16.3. The molecule has 0 atom stereocenters. The van der Waals surface area contributed by atoms with Gasteiger partial charge in [-0.05, 0) is 0 Å². The Balaban J connectivity index is -0.0000000280. The maximum absolute atomic E-state index is 11.3. The Bertz CT molecular complexity index is 432. The Morgan fingerprint density at radius 3 is 1.35 bits per heavy atom. The van der Waals surface area contributed by atoms with Crippen LogP contribution in [-0.4, -0.2) is 16.7 Å². The van der Waals surface area contributed by atoms with Crippen molar-refractivity contribution in [1.82, 2.24) is 0 Å². The Labute approximate surface area is 148 Å². The van der Waals surface area contributed by atoms with E-state index in [-0.39, 0.29) is 85.6 Å². The smallest absolute Gasteiger partial charge is 0.233 e. The molecule has 1 aliphatic rings. The van der Waals surface area contributed by atoms with Crippen LogP contribution < -0.4 is 0 Å². The Kier molecular flexibility index (Phi) is 56.7. The van der Waals surface area contributed by atoms with Crippen molar-refractivity contribution in [3.63, 3.8) is 0 Å². The lowest BCUT2D eigenvalue weighted by Crippen LogP contribution is -2.18. The number of rotatable bonds is 0. The fourth-order valence-corrected chi connectivity index (χ4v) is 1.30. The predicted molar refractivity (Wildman–Crippen MR) is 114 cm³/mol. The molecule has 144 valence electrons. The van der Waals surface area contributed by atoms with Gasteiger partial charge >= 0.3 is 0 Å². The maximum Gasteiger partial charge on any atom is 0.233 e. The summed E-state index contributed by atoms with van der Waals surface area (Å²) in [6.45, 7) is 0. The van der Waals surface area contributed by atoms with Gasteiger partial charge in [-0.3, -0.25) is 9.59 Å². The van der Waals surface area contributed by atoms with Crippen molar-refractivity contribution >= 4 is 17.3 Å². The second kappa shape index (κ2) is 22.4. The van der Waals surface area contributed by atoms with Crippen molar-refractivity contribution in [3.05, 3.63) is 41.5 Å². The van der Waals surface area contributed by atoms with Crippen LogP contribution in [0.4, 0.5) is 0 Å². The van der Waals surface area contributed by atoms with Crippen LogP contribution in [0.15, 0.2) is 30.3 Å². The number of Topliss-reactive ketones (excluding diaryl/α,β-unsaturated/α-hetero) is 1. The molecule has 2 rings (SSSR count). The van der Waals surface area contributed by atoms with Gasteiger partial charge in [0.15, 0.2) is 0 Å². The summed E-state index contributed by atoms with van der Waals surface area (Å²) in [5, 5.41) is 9.34. The van der Waals surface area contributed by atoms with Gasteiger partial charge in [0.05, 0.1) is 0 Å². The lowest BCUT2D eigenvalue weighted by Gasteiger charge is -2.10. The average Bonchev–Trinajstić information content (AvgIpc) is 2.15. The first-order valence-electron chi connectivity index (χ1n) is 3.79. The van der Waals surface area contributed by atoms with Crippen LogP contribution >= 0.6 is 0 Å². The molecule has 0 saturated carbocycles. The molecule has 23 heavy (non-hydrogen) atoms. The predicted octanol–water partition coefficient (Wildman–Crippen LogP) is 7.71. The molecule has 0 amide bonds. The second-order valence-electron chi connectivity index (χ2n) is 2.77. The third-order valence-corrected chi connectivity index (χ3v) is 1.94. The third-order valence-electron chi connectivity index (χ3n) is 1.94. The average molecular weight is 335 g/mol. The first-order chi connectivity index (χ1) is 6.20. The van der Waals surface area contributed by atoms with Crippen molar-refractivity contribution in [1.29, 1.82) is 0 Å². The minimum Gasteiger partial charge on any atom is -0.507 e. The number of ketones is 2. The van der Waals surface area contributed by atoms with Crippen molar-refractivity contribution in [2.75, 3.05) is 0 Å². The van der Waals surface area contributed by atoms with Gasteiger partial charge in [0.2, 0.25) is 11.6 Å². The Hall–Kier alpha value is -1.90. The van der Waals surface area contributed by atoms with E-state index in [2.05, 4.69) is 0 Å². The second-order valence-corrected chi connectivity index (χ2v) is 2.77. The molecule has 3 nitrogen and oxygen atoms in total. The van der Waals surface area contributed by atoms with Crippen LogP contribution in [0, 0.1) is 0 Å². The van der Waals surface area contributed by atoms with E-state index in [1.165, 1.54) is 6.07 Å². The van der Waals surface area contributed by atoms with Crippen LogP contribution in [0.1, 0.15) is 90.2 Å². The normalized spacial score (nSPS) is 8.61. The summed E-state index contributed by atoms with van der Waals surface area (Å²) < 4.78 is 0. The number of allylic oxidation sites excluding steroid dienone is 1. The van der Waals surface area contributed by atoms with E-state index in [1.807, 2.05) is 0 Å². The largest absolute Gasteiger partial charge is 0.507 e. The number of aliphatic hydroxyl groups excluding tert-OH is 1. The van der Waals surface area contributed by atoms with E-state index in [4.69, 9.17) is 0 Å². The zero-order valence-corrected chi connectivity index (χ0v) is 6.65. The molecule has 1 aromatic carbocycles. The maximum atomic E-state index is 11.3. The van der Waals surface area contributed by atoms with Gasteiger partial charge in [0.1, 0.15) is 5.76 Å². The van der Waals surface area contributed by atoms with E-state index in [0.29, 0.717) is 5.56 Å². The molecule has 0 bridgehead atoms. The minimum absolute atomic E-state index is 0. The van der Waals surface area contributed by atoms with Crippen LogP contribution in [0.3, 0.4) is 0 Å².